The van der Waals surface area contributed by atoms with Crippen molar-refractivity contribution in [1.29, 1.82) is 0 Å². The van der Waals surface area contributed by atoms with Crippen LogP contribution in [0.1, 0.15) is 19.3 Å². The second kappa shape index (κ2) is 9.21. The number of aliphatic hydroxyl groups excluding tert-OH is 2. The lowest BCUT2D eigenvalue weighted by Crippen LogP contribution is -2.29. The zero-order valence-electron chi connectivity index (χ0n) is 13.1. The first-order chi connectivity index (χ1) is 11.4. The molecule has 5 atom stereocenters. The van der Waals surface area contributed by atoms with Crippen LogP contribution < -0.4 is 0 Å². The van der Waals surface area contributed by atoms with E-state index in [2.05, 4.69) is 0 Å². The molecule has 0 aromatic rings. The molecule has 2 fully saturated rings. The van der Waals surface area contributed by atoms with Crippen LogP contribution in [0.2, 0.25) is 0 Å². The third-order valence-electron chi connectivity index (χ3n) is 3.73. The fraction of sp³-hybridized carbons (Fsp3) is 0.923. The molecule has 11 heteroatoms. The third kappa shape index (κ3) is 5.75. The van der Waals surface area contributed by atoms with Crippen molar-refractivity contribution in [3.05, 3.63) is 0 Å². The predicted octanol–water partition coefficient (Wildman–Crippen LogP) is -0.0814. The van der Waals surface area contributed by atoms with Crippen LogP contribution in [0, 0.1) is 0 Å². The molecule has 10 nitrogen and oxygen atoms in total. The molecule has 0 aromatic heterocycles. The Morgan fingerprint density at radius 2 is 1.88 bits per heavy atom. The van der Waals surface area contributed by atoms with Gasteiger partial charge in [-0.2, -0.15) is 0 Å². The molecule has 3 N–H and O–H groups in total. The lowest BCUT2D eigenvalue weighted by atomic mass is 10.2. The maximum Gasteiger partial charge on any atom is 0.475 e. The number of rotatable bonds is 10. The normalized spacial score (nSPS) is 32.8. The zero-order chi connectivity index (χ0) is 17.6. The molecule has 2 aliphatic rings. The number of phosphoric acid groups is 1. The molecule has 140 valence electrons. The summed E-state index contributed by atoms with van der Waals surface area (Å²) in [7, 11) is -4.10. The predicted molar refractivity (Wildman–Crippen MR) is 78.4 cm³/mol. The Bertz CT molecular complexity index is 458. The van der Waals surface area contributed by atoms with Crippen molar-refractivity contribution in [2.75, 3.05) is 33.0 Å². The topological polar surface area (TPSA) is 141 Å². The lowest BCUT2D eigenvalue weighted by Gasteiger charge is -2.25. The highest BCUT2D eigenvalue weighted by Crippen LogP contribution is 2.52. The van der Waals surface area contributed by atoms with Gasteiger partial charge in [-0.1, -0.05) is 0 Å². The number of carbonyl (C=O) groups is 1. The number of carboxylic acids is 1. The van der Waals surface area contributed by atoms with Gasteiger partial charge in [-0.05, 0) is 6.42 Å². The van der Waals surface area contributed by atoms with E-state index in [1.807, 2.05) is 0 Å². The number of hydrogen-bond acceptors (Lipinski definition) is 9. The van der Waals surface area contributed by atoms with Crippen molar-refractivity contribution in [2.45, 2.75) is 43.7 Å². The molecule has 2 unspecified atom stereocenters. The van der Waals surface area contributed by atoms with Crippen molar-refractivity contribution < 1.29 is 47.7 Å². The van der Waals surface area contributed by atoms with Crippen molar-refractivity contribution in [2.24, 2.45) is 0 Å². The molecule has 0 spiro atoms. The summed E-state index contributed by atoms with van der Waals surface area (Å²) in [5.74, 6) is -1.12. The van der Waals surface area contributed by atoms with Crippen LogP contribution in [0.5, 0.6) is 0 Å². The maximum atomic E-state index is 12.7. The van der Waals surface area contributed by atoms with Crippen molar-refractivity contribution in [3.8, 4) is 0 Å². The summed E-state index contributed by atoms with van der Waals surface area (Å²) in [6.45, 7) is -0.204. The largest absolute Gasteiger partial charge is 0.481 e. The number of phosphoric ester groups is 1. The van der Waals surface area contributed by atoms with Crippen molar-refractivity contribution in [1.82, 2.24) is 0 Å². The summed E-state index contributed by atoms with van der Waals surface area (Å²) in [6, 6.07) is 0. The standard InChI is InChI=1S/C13H23O10P/c14-7-11-10(2-5-19-11)23-24(18,21-6-3-13(16)17)22-8-12-9(15)1-4-20-12/h9-12,14-15H,1-8H2,(H,16,17)/t9?,10?,11-,12-,24+/m1/s1. The highest BCUT2D eigenvalue weighted by atomic mass is 31.2. The van der Waals surface area contributed by atoms with Crippen LogP contribution in [0.3, 0.4) is 0 Å². The van der Waals surface area contributed by atoms with Gasteiger partial charge >= 0.3 is 13.8 Å². The number of hydrogen-bond donors (Lipinski definition) is 3. The summed E-state index contributed by atoms with van der Waals surface area (Å²) in [5, 5.41) is 27.6. The molecule has 0 aliphatic carbocycles. The number of aliphatic hydroxyl groups is 2. The first kappa shape index (κ1) is 19.7. The average Bonchev–Trinajstić information content (AvgIpc) is 3.13. The molecule has 24 heavy (non-hydrogen) atoms. The Hall–Kier alpha value is -0.580. The fourth-order valence-electron chi connectivity index (χ4n) is 2.39. The second-order valence-electron chi connectivity index (χ2n) is 5.51. The number of ether oxygens (including phenoxy) is 2. The minimum Gasteiger partial charge on any atom is -0.481 e. The molecule has 0 aromatic carbocycles. The first-order valence-electron chi connectivity index (χ1n) is 7.75. The second-order valence-corrected chi connectivity index (χ2v) is 7.13. The monoisotopic (exact) mass is 370 g/mol. The average molecular weight is 370 g/mol. The fourth-order valence-corrected chi connectivity index (χ4v) is 3.80. The van der Waals surface area contributed by atoms with Crippen LogP contribution in [0.4, 0.5) is 0 Å². The summed E-state index contributed by atoms with van der Waals surface area (Å²) >= 11 is 0. The molecule has 0 bridgehead atoms. The van der Waals surface area contributed by atoms with Crippen molar-refractivity contribution in [3.63, 3.8) is 0 Å². The van der Waals surface area contributed by atoms with E-state index in [1.165, 1.54) is 0 Å². The van der Waals surface area contributed by atoms with E-state index in [9.17, 15) is 19.6 Å². The Kier molecular flexibility index (Phi) is 7.58. The van der Waals surface area contributed by atoms with Gasteiger partial charge in [0.15, 0.2) is 0 Å². The van der Waals surface area contributed by atoms with E-state index in [0.29, 0.717) is 26.1 Å². The van der Waals surface area contributed by atoms with Crippen LogP contribution in [-0.4, -0.2) is 78.7 Å². The zero-order valence-corrected chi connectivity index (χ0v) is 14.0. The van der Waals surface area contributed by atoms with Gasteiger partial charge in [0.25, 0.3) is 0 Å². The van der Waals surface area contributed by atoms with E-state index < -0.39 is 38.2 Å². The molecule has 2 saturated heterocycles. The minimum atomic E-state index is -4.10. The van der Waals surface area contributed by atoms with Gasteiger partial charge in [-0.3, -0.25) is 18.4 Å². The summed E-state index contributed by atoms with van der Waals surface area (Å²) in [6.07, 6.45) is -2.27. The quantitative estimate of drug-likeness (QED) is 0.447. The number of aliphatic carboxylic acids is 1. The minimum absolute atomic E-state index is 0.219. The van der Waals surface area contributed by atoms with Crippen LogP contribution in [-0.2, 0) is 32.4 Å². The highest BCUT2D eigenvalue weighted by Gasteiger charge is 2.39. The molecule has 2 heterocycles. The van der Waals surface area contributed by atoms with E-state index in [4.69, 9.17) is 28.2 Å². The van der Waals surface area contributed by atoms with Crippen LogP contribution in [0.15, 0.2) is 0 Å². The van der Waals surface area contributed by atoms with Gasteiger partial charge in [0.1, 0.15) is 18.3 Å². The van der Waals surface area contributed by atoms with Gasteiger partial charge in [0.05, 0.1) is 32.3 Å². The van der Waals surface area contributed by atoms with Crippen LogP contribution >= 0.6 is 7.82 Å². The molecular weight excluding hydrogens is 347 g/mol. The maximum absolute atomic E-state index is 12.7. The Labute approximate surface area is 139 Å². The number of carboxylic acid groups (broad SMARTS) is 1. The third-order valence-corrected chi connectivity index (χ3v) is 5.22. The van der Waals surface area contributed by atoms with Crippen molar-refractivity contribution >= 4 is 13.8 Å². The van der Waals surface area contributed by atoms with E-state index in [1.54, 1.807) is 0 Å². The molecule has 0 radical (unpaired) electrons. The summed E-state index contributed by atoms with van der Waals surface area (Å²) < 4.78 is 38.9. The van der Waals surface area contributed by atoms with Gasteiger partial charge in [-0.25, -0.2) is 4.57 Å². The summed E-state index contributed by atoms with van der Waals surface area (Å²) in [5.41, 5.74) is 0. The molecule has 2 rings (SSSR count). The van der Waals surface area contributed by atoms with E-state index in [0.717, 1.165) is 0 Å². The smallest absolute Gasteiger partial charge is 0.475 e. The van der Waals surface area contributed by atoms with Gasteiger partial charge < -0.3 is 24.8 Å². The van der Waals surface area contributed by atoms with Gasteiger partial charge in [0.2, 0.25) is 0 Å². The molecular formula is C13H23O10P. The summed E-state index contributed by atoms with van der Waals surface area (Å²) in [4.78, 5) is 10.6. The van der Waals surface area contributed by atoms with Crippen LogP contribution in [0.25, 0.3) is 0 Å². The van der Waals surface area contributed by atoms with E-state index in [-0.39, 0.29) is 26.2 Å². The lowest BCUT2D eigenvalue weighted by molar-refractivity contribution is -0.137. The van der Waals surface area contributed by atoms with Gasteiger partial charge in [-0.15, -0.1) is 0 Å². The molecule has 2 aliphatic heterocycles. The van der Waals surface area contributed by atoms with Gasteiger partial charge in [0, 0.05) is 19.6 Å². The molecule has 0 amide bonds. The Morgan fingerprint density at radius 3 is 2.50 bits per heavy atom. The Balaban J connectivity index is 1.94. The first-order valence-corrected chi connectivity index (χ1v) is 9.21. The Morgan fingerprint density at radius 1 is 1.17 bits per heavy atom. The molecule has 0 saturated carbocycles. The highest BCUT2D eigenvalue weighted by molar-refractivity contribution is 7.48. The van der Waals surface area contributed by atoms with E-state index >= 15 is 0 Å². The SMILES string of the molecule is O=C(O)CCO[P@@](=O)(OC[C@H]1OCCC1O)OC1CCO[C@@H]1CO.